The number of hydrogen-bond acceptors (Lipinski definition) is 3. The third-order valence-electron chi connectivity index (χ3n) is 3.20. The topological polar surface area (TPSA) is 30.5 Å². The van der Waals surface area contributed by atoms with Crippen LogP contribution in [0.5, 0.6) is 11.5 Å². The molecule has 0 saturated heterocycles. The maximum atomic E-state index is 5.64. The molecule has 110 valence electrons. The van der Waals surface area contributed by atoms with Crippen molar-refractivity contribution in [3.05, 3.63) is 56.5 Å². The van der Waals surface area contributed by atoms with E-state index in [-0.39, 0.29) is 0 Å². The van der Waals surface area contributed by atoms with E-state index in [2.05, 4.69) is 55.4 Å². The molecule has 0 aromatic heterocycles. The predicted molar refractivity (Wildman–Crippen MR) is 89.8 cm³/mol. The number of rotatable bonds is 4. The molecule has 0 radical (unpaired) electrons. The van der Waals surface area contributed by atoms with Gasteiger partial charge >= 0.3 is 0 Å². The van der Waals surface area contributed by atoms with E-state index in [1.54, 1.807) is 0 Å². The van der Waals surface area contributed by atoms with Gasteiger partial charge in [-0.3, -0.25) is 0 Å². The molecule has 0 bridgehead atoms. The lowest BCUT2D eigenvalue weighted by Gasteiger charge is -2.20. The first-order valence-corrected chi connectivity index (χ1v) is 8.34. The van der Waals surface area contributed by atoms with Crippen molar-refractivity contribution >= 4 is 31.9 Å². The molecular formula is C16H15Br2NO2. The summed E-state index contributed by atoms with van der Waals surface area (Å²) >= 11 is 7.03. The molecule has 3 rings (SSSR count). The van der Waals surface area contributed by atoms with Gasteiger partial charge in [-0.25, -0.2) is 0 Å². The Morgan fingerprint density at radius 2 is 1.76 bits per heavy atom. The molecule has 0 aliphatic carbocycles. The van der Waals surface area contributed by atoms with Gasteiger partial charge in [-0.1, -0.05) is 28.1 Å². The second-order valence-corrected chi connectivity index (χ2v) is 6.61. The van der Waals surface area contributed by atoms with E-state index in [9.17, 15) is 0 Å². The quantitative estimate of drug-likeness (QED) is 0.813. The third kappa shape index (κ3) is 3.78. The molecule has 0 atom stereocenters. The summed E-state index contributed by atoms with van der Waals surface area (Å²) in [6.07, 6.45) is 0. The van der Waals surface area contributed by atoms with Crippen LogP contribution >= 0.6 is 31.9 Å². The molecule has 0 saturated carbocycles. The molecule has 0 spiro atoms. The molecule has 2 aromatic rings. The number of halogens is 2. The highest BCUT2D eigenvalue weighted by Crippen LogP contribution is 2.38. The molecule has 3 nitrogen and oxygen atoms in total. The lowest BCUT2D eigenvalue weighted by Crippen LogP contribution is -2.17. The smallest absolute Gasteiger partial charge is 0.175 e. The highest BCUT2D eigenvalue weighted by atomic mass is 79.9. The van der Waals surface area contributed by atoms with Gasteiger partial charge in [0.1, 0.15) is 13.2 Å². The third-order valence-corrected chi connectivity index (χ3v) is 4.29. The summed E-state index contributed by atoms with van der Waals surface area (Å²) in [5.74, 6) is 1.62. The van der Waals surface area contributed by atoms with Crippen LogP contribution in [0, 0.1) is 0 Å². The zero-order valence-electron chi connectivity index (χ0n) is 11.4. The van der Waals surface area contributed by atoms with Gasteiger partial charge in [-0.2, -0.15) is 0 Å². The van der Waals surface area contributed by atoms with E-state index in [1.807, 2.05) is 18.2 Å². The van der Waals surface area contributed by atoms with Crippen molar-refractivity contribution < 1.29 is 9.47 Å². The lowest BCUT2D eigenvalue weighted by atomic mass is 10.1. The van der Waals surface area contributed by atoms with Crippen molar-refractivity contribution in [1.29, 1.82) is 0 Å². The van der Waals surface area contributed by atoms with Crippen molar-refractivity contribution in [2.24, 2.45) is 0 Å². The van der Waals surface area contributed by atoms with Gasteiger partial charge in [0.15, 0.2) is 11.5 Å². The fourth-order valence-electron chi connectivity index (χ4n) is 2.26. The van der Waals surface area contributed by atoms with Crippen LogP contribution in [0.4, 0.5) is 0 Å². The van der Waals surface area contributed by atoms with Gasteiger partial charge in [0.05, 0.1) is 4.47 Å². The SMILES string of the molecule is Brc1cccc(CNCc2cc(Br)c3c(c2)OCCO3)c1. The largest absolute Gasteiger partial charge is 0.486 e. The molecule has 21 heavy (non-hydrogen) atoms. The summed E-state index contributed by atoms with van der Waals surface area (Å²) in [4.78, 5) is 0. The summed E-state index contributed by atoms with van der Waals surface area (Å²) in [5.41, 5.74) is 2.42. The first kappa shape index (κ1) is 14.9. The van der Waals surface area contributed by atoms with E-state index < -0.39 is 0 Å². The molecule has 1 aliphatic rings. The monoisotopic (exact) mass is 411 g/mol. The van der Waals surface area contributed by atoms with E-state index in [1.165, 1.54) is 11.1 Å². The summed E-state index contributed by atoms with van der Waals surface area (Å²) in [5, 5.41) is 3.44. The highest BCUT2D eigenvalue weighted by molar-refractivity contribution is 9.10. The molecule has 1 N–H and O–H groups in total. The van der Waals surface area contributed by atoms with Crippen LogP contribution in [0.2, 0.25) is 0 Å². The van der Waals surface area contributed by atoms with Crippen molar-refractivity contribution in [3.8, 4) is 11.5 Å². The second kappa shape index (κ2) is 6.81. The molecule has 0 amide bonds. The van der Waals surface area contributed by atoms with Crippen LogP contribution in [0.15, 0.2) is 45.3 Å². The normalized spacial score (nSPS) is 13.2. The Morgan fingerprint density at radius 3 is 2.62 bits per heavy atom. The minimum Gasteiger partial charge on any atom is -0.486 e. The van der Waals surface area contributed by atoms with Crippen LogP contribution in [0.1, 0.15) is 11.1 Å². The van der Waals surface area contributed by atoms with E-state index in [4.69, 9.17) is 9.47 Å². The fourth-order valence-corrected chi connectivity index (χ4v) is 3.31. The number of ether oxygens (including phenoxy) is 2. The first-order valence-electron chi connectivity index (χ1n) is 6.75. The van der Waals surface area contributed by atoms with E-state index >= 15 is 0 Å². The van der Waals surface area contributed by atoms with Crippen LogP contribution < -0.4 is 14.8 Å². The summed E-state index contributed by atoms with van der Waals surface area (Å²) in [6.45, 7) is 2.81. The lowest BCUT2D eigenvalue weighted by molar-refractivity contribution is 0.170. The second-order valence-electron chi connectivity index (χ2n) is 4.84. The Labute approximate surface area is 140 Å². The number of benzene rings is 2. The molecule has 2 aromatic carbocycles. The minimum atomic E-state index is 0.603. The predicted octanol–water partition coefficient (Wildman–Crippen LogP) is 4.27. The number of nitrogens with one attached hydrogen (secondary N) is 1. The maximum absolute atomic E-state index is 5.64. The van der Waals surface area contributed by atoms with Crippen LogP contribution in [-0.2, 0) is 13.1 Å². The summed E-state index contributed by atoms with van der Waals surface area (Å²) < 4.78 is 13.3. The molecule has 5 heteroatoms. The van der Waals surface area contributed by atoms with E-state index in [0.29, 0.717) is 13.2 Å². The Hall–Kier alpha value is -1.04. The van der Waals surface area contributed by atoms with Crippen molar-refractivity contribution in [1.82, 2.24) is 5.32 Å². The molecule has 1 heterocycles. The molecular weight excluding hydrogens is 398 g/mol. The zero-order chi connectivity index (χ0) is 14.7. The zero-order valence-corrected chi connectivity index (χ0v) is 14.5. The van der Waals surface area contributed by atoms with Gasteiger partial charge < -0.3 is 14.8 Å². The fraction of sp³-hybridized carbons (Fsp3) is 0.250. The van der Waals surface area contributed by atoms with Crippen molar-refractivity contribution in [2.45, 2.75) is 13.1 Å². The minimum absolute atomic E-state index is 0.603. The standard InChI is InChI=1S/C16H15Br2NO2/c17-13-3-1-2-11(6-13)9-19-10-12-7-14(18)16-15(8-12)20-4-5-21-16/h1-3,6-8,19H,4-5,9-10H2. The highest BCUT2D eigenvalue weighted by Gasteiger charge is 2.16. The average molecular weight is 413 g/mol. The first-order chi connectivity index (χ1) is 10.2. The Morgan fingerprint density at radius 1 is 0.952 bits per heavy atom. The summed E-state index contributed by atoms with van der Waals surface area (Å²) in [6, 6.07) is 12.4. The average Bonchev–Trinajstić information content (AvgIpc) is 2.47. The van der Waals surface area contributed by atoms with Crippen LogP contribution in [0.25, 0.3) is 0 Å². The van der Waals surface area contributed by atoms with Crippen molar-refractivity contribution in [2.75, 3.05) is 13.2 Å². The summed E-state index contributed by atoms with van der Waals surface area (Å²) in [7, 11) is 0. The number of fused-ring (bicyclic) bond motifs is 1. The molecule has 0 fully saturated rings. The van der Waals surface area contributed by atoms with Crippen LogP contribution in [-0.4, -0.2) is 13.2 Å². The van der Waals surface area contributed by atoms with Gasteiger partial charge in [0.25, 0.3) is 0 Å². The Kier molecular flexibility index (Phi) is 4.83. The van der Waals surface area contributed by atoms with E-state index in [0.717, 1.165) is 33.5 Å². The molecule has 1 aliphatic heterocycles. The van der Waals surface area contributed by atoms with Crippen LogP contribution in [0.3, 0.4) is 0 Å². The molecule has 0 unspecified atom stereocenters. The van der Waals surface area contributed by atoms with Gasteiger partial charge in [0.2, 0.25) is 0 Å². The Bertz CT molecular complexity index is 646. The Balaban J connectivity index is 1.64. The number of hydrogen-bond donors (Lipinski definition) is 1. The van der Waals surface area contributed by atoms with Gasteiger partial charge in [0, 0.05) is 17.6 Å². The van der Waals surface area contributed by atoms with Crippen molar-refractivity contribution in [3.63, 3.8) is 0 Å². The van der Waals surface area contributed by atoms with Gasteiger partial charge in [-0.15, -0.1) is 0 Å². The maximum Gasteiger partial charge on any atom is 0.175 e. The van der Waals surface area contributed by atoms with Gasteiger partial charge in [-0.05, 0) is 51.3 Å².